The van der Waals surface area contributed by atoms with Crippen LogP contribution in [0.1, 0.15) is 33.5 Å². The number of alkyl halides is 3. The van der Waals surface area contributed by atoms with E-state index in [1.165, 1.54) is 28.4 Å². The molecule has 0 spiro atoms. The lowest BCUT2D eigenvalue weighted by atomic mass is 10.1. The molecule has 0 aliphatic carbocycles. The fourth-order valence-corrected chi connectivity index (χ4v) is 4.19. The van der Waals surface area contributed by atoms with Gasteiger partial charge < -0.3 is 4.90 Å². The van der Waals surface area contributed by atoms with E-state index in [0.717, 1.165) is 40.0 Å². The predicted molar refractivity (Wildman–Crippen MR) is 115 cm³/mol. The Labute approximate surface area is 177 Å². The zero-order chi connectivity index (χ0) is 22.1. The predicted octanol–water partition coefficient (Wildman–Crippen LogP) is 5.53. The molecule has 2 aromatic carbocycles. The standard InChI is InChI=1S/C22H24F3N3OS/c1-14-9-10-18-19(15(14)2)26-21(30-18)28(12-6-11-27(3)4)20(29)16-7-5-8-17(13-16)22(23,24)25/h5,7-10,13H,6,11-12H2,1-4H3. The largest absolute Gasteiger partial charge is 0.416 e. The molecule has 0 atom stereocenters. The summed E-state index contributed by atoms with van der Waals surface area (Å²) in [4.78, 5) is 21.4. The summed E-state index contributed by atoms with van der Waals surface area (Å²) in [6.45, 7) is 5.09. The van der Waals surface area contributed by atoms with Crippen LogP contribution < -0.4 is 4.90 Å². The fourth-order valence-electron chi connectivity index (χ4n) is 3.14. The van der Waals surface area contributed by atoms with Crippen LogP contribution in [0.25, 0.3) is 10.2 Å². The van der Waals surface area contributed by atoms with Crippen molar-refractivity contribution < 1.29 is 18.0 Å². The van der Waals surface area contributed by atoms with Gasteiger partial charge in [-0.15, -0.1) is 0 Å². The minimum absolute atomic E-state index is 0.00170. The number of hydrogen-bond acceptors (Lipinski definition) is 4. The Hall–Kier alpha value is -2.45. The van der Waals surface area contributed by atoms with Gasteiger partial charge in [-0.2, -0.15) is 13.2 Å². The SMILES string of the molecule is Cc1ccc2sc(N(CCCN(C)C)C(=O)c3cccc(C(F)(F)F)c3)nc2c1C. The number of hydrogen-bond donors (Lipinski definition) is 0. The minimum atomic E-state index is -4.50. The third-order valence-electron chi connectivity index (χ3n) is 4.97. The molecule has 0 aliphatic heterocycles. The average molecular weight is 436 g/mol. The molecular weight excluding hydrogens is 411 g/mol. The molecule has 30 heavy (non-hydrogen) atoms. The van der Waals surface area contributed by atoms with E-state index < -0.39 is 17.6 Å². The quantitative estimate of drug-likeness (QED) is 0.511. The summed E-state index contributed by atoms with van der Waals surface area (Å²) in [5.41, 5.74) is 2.13. The average Bonchev–Trinajstić information content (AvgIpc) is 3.11. The van der Waals surface area contributed by atoms with Gasteiger partial charge >= 0.3 is 6.18 Å². The maximum Gasteiger partial charge on any atom is 0.416 e. The number of carbonyl (C=O) groups excluding carboxylic acids is 1. The summed E-state index contributed by atoms with van der Waals surface area (Å²) < 4.78 is 40.3. The van der Waals surface area contributed by atoms with Crippen molar-refractivity contribution in [3.8, 4) is 0 Å². The van der Waals surface area contributed by atoms with Crippen LogP contribution in [-0.4, -0.2) is 43.0 Å². The number of halogens is 3. The molecule has 0 bridgehead atoms. The van der Waals surface area contributed by atoms with E-state index in [4.69, 9.17) is 0 Å². The molecule has 0 aliphatic rings. The van der Waals surface area contributed by atoms with Crippen molar-refractivity contribution in [3.63, 3.8) is 0 Å². The molecule has 1 amide bonds. The summed E-state index contributed by atoms with van der Waals surface area (Å²) in [5.74, 6) is -0.478. The Bertz CT molecular complexity index is 1060. The summed E-state index contributed by atoms with van der Waals surface area (Å²) >= 11 is 1.38. The highest BCUT2D eigenvalue weighted by atomic mass is 32.1. The molecule has 0 saturated heterocycles. The number of aromatic nitrogens is 1. The lowest BCUT2D eigenvalue weighted by Gasteiger charge is -2.21. The second-order valence-electron chi connectivity index (χ2n) is 7.54. The van der Waals surface area contributed by atoms with E-state index in [-0.39, 0.29) is 5.56 Å². The number of aryl methyl sites for hydroxylation is 2. The van der Waals surface area contributed by atoms with Gasteiger partial charge in [-0.05, 0) is 76.3 Å². The molecule has 0 unspecified atom stereocenters. The van der Waals surface area contributed by atoms with E-state index >= 15 is 0 Å². The Kier molecular flexibility index (Phi) is 6.47. The maximum absolute atomic E-state index is 13.2. The highest BCUT2D eigenvalue weighted by Crippen LogP contribution is 2.34. The van der Waals surface area contributed by atoms with E-state index in [1.807, 2.05) is 45.0 Å². The molecule has 0 N–H and O–H groups in total. The second-order valence-corrected chi connectivity index (χ2v) is 8.55. The maximum atomic E-state index is 13.2. The molecule has 1 aromatic heterocycles. The molecule has 4 nitrogen and oxygen atoms in total. The van der Waals surface area contributed by atoms with Crippen molar-refractivity contribution in [2.24, 2.45) is 0 Å². The first kappa shape index (κ1) is 22.2. The first-order valence-electron chi connectivity index (χ1n) is 9.58. The topological polar surface area (TPSA) is 36.4 Å². The fraction of sp³-hybridized carbons (Fsp3) is 0.364. The van der Waals surface area contributed by atoms with Gasteiger partial charge in [-0.3, -0.25) is 9.69 Å². The molecule has 3 aromatic rings. The van der Waals surface area contributed by atoms with Crippen LogP contribution in [0.3, 0.4) is 0 Å². The molecule has 1 heterocycles. The number of carbonyl (C=O) groups is 1. The number of anilines is 1. The third-order valence-corrected chi connectivity index (χ3v) is 6.02. The third kappa shape index (κ3) is 4.82. The molecule has 0 fully saturated rings. The van der Waals surface area contributed by atoms with Crippen molar-refractivity contribution >= 4 is 32.6 Å². The number of benzene rings is 2. The Balaban J connectivity index is 2.00. The summed E-state index contributed by atoms with van der Waals surface area (Å²) in [6.07, 6.45) is -3.83. The van der Waals surface area contributed by atoms with Crippen LogP contribution in [0.4, 0.5) is 18.3 Å². The minimum Gasteiger partial charge on any atom is -0.309 e. The number of nitrogens with zero attached hydrogens (tertiary/aromatic N) is 3. The van der Waals surface area contributed by atoms with Crippen LogP contribution in [0.15, 0.2) is 36.4 Å². The normalized spacial score (nSPS) is 12.0. The number of thiazole rings is 1. The van der Waals surface area contributed by atoms with Crippen LogP contribution >= 0.6 is 11.3 Å². The van der Waals surface area contributed by atoms with Crippen LogP contribution in [0.2, 0.25) is 0 Å². The number of fused-ring (bicyclic) bond motifs is 1. The van der Waals surface area contributed by atoms with Gasteiger partial charge in [0, 0.05) is 12.1 Å². The smallest absolute Gasteiger partial charge is 0.309 e. The Morgan fingerprint density at radius 1 is 1.10 bits per heavy atom. The molecule has 160 valence electrons. The van der Waals surface area contributed by atoms with Crippen molar-refractivity contribution in [1.82, 2.24) is 9.88 Å². The van der Waals surface area contributed by atoms with Gasteiger partial charge in [0.25, 0.3) is 5.91 Å². The lowest BCUT2D eigenvalue weighted by molar-refractivity contribution is -0.137. The first-order chi connectivity index (χ1) is 14.1. The van der Waals surface area contributed by atoms with Gasteiger partial charge in [0.15, 0.2) is 5.13 Å². The van der Waals surface area contributed by atoms with Crippen molar-refractivity contribution in [3.05, 3.63) is 58.7 Å². The van der Waals surface area contributed by atoms with Crippen molar-refractivity contribution in [2.75, 3.05) is 32.1 Å². The van der Waals surface area contributed by atoms with Crippen LogP contribution in [0, 0.1) is 13.8 Å². The monoisotopic (exact) mass is 435 g/mol. The van der Waals surface area contributed by atoms with Crippen LogP contribution in [0.5, 0.6) is 0 Å². The van der Waals surface area contributed by atoms with Gasteiger partial charge in [0.2, 0.25) is 0 Å². The van der Waals surface area contributed by atoms with Crippen molar-refractivity contribution in [1.29, 1.82) is 0 Å². The highest BCUT2D eigenvalue weighted by Gasteiger charge is 2.31. The highest BCUT2D eigenvalue weighted by molar-refractivity contribution is 7.22. The van der Waals surface area contributed by atoms with Crippen LogP contribution in [-0.2, 0) is 6.18 Å². The van der Waals surface area contributed by atoms with Gasteiger partial charge in [-0.25, -0.2) is 4.98 Å². The van der Waals surface area contributed by atoms with E-state index in [9.17, 15) is 18.0 Å². The Morgan fingerprint density at radius 3 is 2.50 bits per heavy atom. The second kappa shape index (κ2) is 8.73. The molecule has 8 heteroatoms. The lowest BCUT2D eigenvalue weighted by Crippen LogP contribution is -2.33. The van der Waals surface area contributed by atoms with E-state index in [1.54, 1.807) is 0 Å². The molecule has 0 radical (unpaired) electrons. The zero-order valence-electron chi connectivity index (χ0n) is 17.4. The summed E-state index contributed by atoms with van der Waals surface area (Å²) in [7, 11) is 3.87. The van der Waals surface area contributed by atoms with E-state index in [2.05, 4.69) is 4.98 Å². The molecule has 0 saturated carbocycles. The number of rotatable bonds is 6. The van der Waals surface area contributed by atoms with Crippen molar-refractivity contribution in [2.45, 2.75) is 26.4 Å². The molecular formula is C22H24F3N3OS. The summed E-state index contributed by atoms with van der Waals surface area (Å²) in [5, 5.41) is 0.500. The van der Waals surface area contributed by atoms with Gasteiger partial charge in [0.1, 0.15) is 0 Å². The molecule has 3 rings (SSSR count). The van der Waals surface area contributed by atoms with E-state index in [0.29, 0.717) is 18.1 Å². The zero-order valence-corrected chi connectivity index (χ0v) is 18.2. The first-order valence-corrected chi connectivity index (χ1v) is 10.4. The number of amides is 1. The van der Waals surface area contributed by atoms with Gasteiger partial charge in [-0.1, -0.05) is 23.5 Å². The Morgan fingerprint density at radius 2 is 1.83 bits per heavy atom. The summed E-state index contributed by atoms with van der Waals surface area (Å²) in [6, 6.07) is 8.52. The van der Waals surface area contributed by atoms with Gasteiger partial charge in [0.05, 0.1) is 15.8 Å².